The summed E-state index contributed by atoms with van der Waals surface area (Å²) >= 11 is 0. The Hall–Kier alpha value is -1.29. The predicted molar refractivity (Wildman–Crippen MR) is 74.8 cm³/mol. The van der Waals surface area contributed by atoms with Crippen molar-refractivity contribution in [3.63, 3.8) is 0 Å². The molecular formula is C14H22N4. The molecule has 2 saturated heterocycles. The first kappa shape index (κ1) is 11.8. The van der Waals surface area contributed by atoms with Crippen molar-refractivity contribution in [3.05, 3.63) is 17.8 Å². The van der Waals surface area contributed by atoms with Gasteiger partial charge in [-0.1, -0.05) is 6.42 Å². The second kappa shape index (κ2) is 4.76. The van der Waals surface area contributed by atoms with E-state index in [1.54, 1.807) is 6.20 Å². The van der Waals surface area contributed by atoms with Gasteiger partial charge in [-0.25, -0.2) is 4.98 Å². The molecule has 4 nitrogen and oxygen atoms in total. The summed E-state index contributed by atoms with van der Waals surface area (Å²) in [5, 5.41) is 0. The number of hydrogen-bond acceptors (Lipinski definition) is 4. The Balaban J connectivity index is 1.77. The maximum absolute atomic E-state index is 5.77. The number of aryl methyl sites for hydroxylation is 1. The Morgan fingerprint density at radius 1 is 1.28 bits per heavy atom. The highest BCUT2D eigenvalue weighted by atomic mass is 15.3. The van der Waals surface area contributed by atoms with Crippen molar-refractivity contribution >= 4 is 11.5 Å². The number of pyridine rings is 1. The van der Waals surface area contributed by atoms with Crippen molar-refractivity contribution in [1.82, 2.24) is 9.88 Å². The number of aromatic nitrogens is 1. The van der Waals surface area contributed by atoms with Gasteiger partial charge in [0.2, 0.25) is 0 Å². The normalized spacial score (nSPS) is 24.9. The van der Waals surface area contributed by atoms with Crippen LogP contribution in [0.15, 0.2) is 12.3 Å². The molecule has 0 aromatic carbocycles. The molecule has 18 heavy (non-hydrogen) atoms. The molecule has 1 atom stereocenters. The maximum Gasteiger partial charge on any atom is 0.131 e. The average molecular weight is 246 g/mol. The van der Waals surface area contributed by atoms with Crippen molar-refractivity contribution in [2.75, 3.05) is 36.8 Å². The molecule has 1 aromatic rings. The number of nitrogen functional groups attached to an aromatic ring is 1. The maximum atomic E-state index is 5.77. The fourth-order valence-electron chi connectivity index (χ4n) is 3.27. The number of rotatable bonds is 1. The monoisotopic (exact) mass is 246 g/mol. The average Bonchev–Trinajstić information content (AvgIpc) is 2.38. The van der Waals surface area contributed by atoms with Crippen molar-refractivity contribution in [2.24, 2.45) is 0 Å². The number of nitrogens with two attached hydrogens (primary N) is 1. The van der Waals surface area contributed by atoms with E-state index in [4.69, 9.17) is 5.73 Å². The first-order chi connectivity index (χ1) is 8.74. The molecule has 1 unspecified atom stereocenters. The predicted octanol–water partition coefficient (Wildman–Crippen LogP) is 1.65. The third-order valence-corrected chi connectivity index (χ3v) is 4.21. The SMILES string of the molecule is Cc1cc(N)cnc1N1CCN2CCCCC2C1. The van der Waals surface area contributed by atoms with Gasteiger partial charge in [0, 0.05) is 25.7 Å². The highest BCUT2D eigenvalue weighted by Gasteiger charge is 2.29. The molecule has 0 bridgehead atoms. The molecule has 2 aliphatic rings. The zero-order valence-corrected chi connectivity index (χ0v) is 11.1. The Labute approximate surface area is 109 Å². The van der Waals surface area contributed by atoms with Gasteiger partial charge in [0.25, 0.3) is 0 Å². The number of nitrogens with zero attached hydrogens (tertiary/aromatic N) is 3. The van der Waals surface area contributed by atoms with Gasteiger partial charge in [-0.2, -0.15) is 0 Å². The van der Waals surface area contributed by atoms with E-state index in [1.165, 1.54) is 37.9 Å². The molecule has 4 heteroatoms. The van der Waals surface area contributed by atoms with Crippen molar-refractivity contribution < 1.29 is 0 Å². The number of piperidine rings is 1. The fourth-order valence-corrected chi connectivity index (χ4v) is 3.27. The van der Waals surface area contributed by atoms with Crippen molar-refractivity contribution in [1.29, 1.82) is 0 Å². The lowest BCUT2D eigenvalue weighted by molar-refractivity contribution is 0.133. The van der Waals surface area contributed by atoms with Gasteiger partial charge in [0.05, 0.1) is 11.9 Å². The second-order valence-electron chi connectivity index (χ2n) is 5.54. The summed E-state index contributed by atoms with van der Waals surface area (Å²) in [5.74, 6) is 1.12. The minimum absolute atomic E-state index is 0.728. The summed E-state index contributed by atoms with van der Waals surface area (Å²) in [5.41, 5.74) is 7.72. The van der Waals surface area contributed by atoms with Gasteiger partial charge in [-0.3, -0.25) is 4.90 Å². The van der Waals surface area contributed by atoms with Gasteiger partial charge < -0.3 is 10.6 Å². The summed E-state index contributed by atoms with van der Waals surface area (Å²) in [6, 6.07) is 2.75. The van der Waals surface area contributed by atoms with E-state index in [0.717, 1.165) is 30.6 Å². The topological polar surface area (TPSA) is 45.4 Å². The standard InChI is InChI=1S/C14H22N4/c1-11-8-12(15)9-16-14(11)18-7-6-17-5-3-2-4-13(17)10-18/h8-9,13H,2-7,10,15H2,1H3. The quantitative estimate of drug-likeness (QED) is 0.818. The Morgan fingerprint density at radius 2 is 2.17 bits per heavy atom. The number of fused-ring (bicyclic) bond motifs is 1. The van der Waals surface area contributed by atoms with Crippen LogP contribution in [0, 0.1) is 6.92 Å². The summed E-state index contributed by atoms with van der Waals surface area (Å²) in [4.78, 5) is 9.60. The van der Waals surface area contributed by atoms with Crippen LogP contribution in [0.1, 0.15) is 24.8 Å². The zero-order chi connectivity index (χ0) is 12.5. The van der Waals surface area contributed by atoms with E-state index in [0.29, 0.717) is 0 Å². The smallest absolute Gasteiger partial charge is 0.131 e. The molecule has 0 spiro atoms. The zero-order valence-electron chi connectivity index (χ0n) is 11.1. The number of anilines is 2. The third-order valence-electron chi connectivity index (χ3n) is 4.21. The van der Waals surface area contributed by atoms with E-state index in [1.807, 2.05) is 6.07 Å². The fraction of sp³-hybridized carbons (Fsp3) is 0.643. The van der Waals surface area contributed by atoms with Crippen LogP contribution in [0.2, 0.25) is 0 Å². The van der Waals surface area contributed by atoms with Gasteiger partial charge in [-0.05, 0) is 37.9 Å². The van der Waals surface area contributed by atoms with Crippen molar-refractivity contribution in [3.8, 4) is 0 Å². The molecule has 2 N–H and O–H groups in total. The summed E-state index contributed by atoms with van der Waals surface area (Å²) in [7, 11) is 0. The van der Waals surface area contributed by atoms with Crippen LogP contribution in [0.25, 0.3) is 0 Å². The lowest BCUT2D eigenvalue weighted by atomic mass is 9.99. The molecule has 3 heterocycles. The summed E-state index contributed by atoms with van der Waals surface area (Å²) < 4.78 is 0. The molecular weight excluding hydrogens is 224 g/mol. The van der Waals surface area contributed by atoms with Gasteiger partial charge in [0.1, 0.15) is 5.82 Å². The molecule has 0 saturated carbocycles. The number of hydrogen-bond donors (Lipinski definition) is 1. The van der Waals surface area contributed by atoms with Crippen LogP contribution in [0.4, 0.5) is 11.5 Å². The van der Waals surface area contributed by atoms with E-state index in [9.17, 15) is 0 Å². The third kappa shape index (κ3) is 2.17. The van der Waals surface area contributed by atoms with Crippen LogP contribution in [0.3, 0.4) is 0 Å². The molecule has 3 rings (SSSR count). The molecule has 0 radical (unpaired) electrons. The Kier molecular flexibility index (Phi) is 3.12. The minimum atomic E-state index is 0.728. The lowest BCUT2D eigenvalue weighted by Gasteiger charge is -2.44. The van der Waals surface area contributed by atoms with E-state index in [-0.39, 0.29) is 0 Å². The molecule has 2 aliphatic heterocycles. The Morgan fingerprint density at radius 3 is 3.00 bits per heavy atom. The van der Waals surface area contributed by atoms with Crippen molar-refractivity contribution in [2.45, 2.75) is 32.2 Å². The van der Waals surface area contributed by atoms with E-state index < -0.39 is 0 Å². The highest BCUT2D eigenvalue weighted by Crippen LogP contribution is 2.26. The van der Waals surface area contributed by atoms with Crippen LogP contribution in [0.5, 0.6) is 0 Å². The van der Waals surface area contributed by atoms with Crippen LogP contribution in [-0.4, -0.2) is 42.1 Å². The molecule has 98 valence electrons. The van der Waals surface area contributed by atoms with Gasteiger partial charge in [0.15, 0.2) is 0 Å². The minimum Gasteiger partial charge on any atom is -0.397 e. The van der Waals surface area contributed by atoms with Crippen LogP contribution >= 0.6 is 0 Å². The Bertz CT molecular complexity index is 432. The van der Waals surface area contributed by atoms with Gasteiger partial charge in [-0.15, -0.1) is 0 Å². The molecule has 0 aliphatic carbocycles. The largest absolute Gasteiger partial charge is 0.397 e. The van der Waals surface area contributed by atoms with Crippen LogP contribution < -0.4 is 10.6 Å². The molecule has 2 fully saturated rings. The molecule has 1 aromatic heterocycles. The lowest BCUT2D eigenvalue weighted by Crippen LogP contribution is -2.55. The van der Waals surface area contributed by atoms with Crippen LogP contribution in [-0.2, 0) is 0 Å². The summed E-state index contributed by atoms with van der Waals surface area (Å²) in [6.07, 6.45) is 5.86. The second-order valence-corrected chi connectivity index (χ2v) is 5.54. The number of piperazine rings is 1. The first-order valence-corrected chi connectivity index (χ1v) is 6.95. The van der Waals surface area contributed by atoms with E-state index in [2.05, 4.69) is 21.7 Å². The molecule has 0 amide bonds. The highest BCUT2D eigenvalue weighted by molar-refractivity contribution is 5.53. The van der Waals surface area contributed by atoms with E-state index >= 15 is 0 Å². The first-order valence-electron chi connectivity index (χ1n) is 6.95. The van der Waals surface area contributed by atoms with Gasteiger partial charge >= 0.3 is 0 Å². The summed E-state index contributed by atoms with van der Waals surface area (Å²) in [6.45, 7) is 6.78.